The van der Waals surface area contributed by atoms with E-state index in [0.717, 1.165) is 12.8 Å². The van der Waals surface area contributed by atoms with Crippen molar-refractivity contribution in [2.75, 3.05) is 5.75 Å². The Kier molecular flexibility index (Phi) is 2.15. The molecule has 2 aliphatic rings. The molecule has 76 valence electrons. The molecule has 0 aromatic rings. The minimum Gasteiger partial charge on any atom is -0.229 e. The fourth-order valence-electron chi connectivity index (χ4n) is 2.46. The largest absolute Gasteiger partial charge is 0.229 e. The van der Waals surface area contributed by atoms with Crippen molar-refractivity contribution in [1.29, 1.82) is 0 Å². The van der Waals surface area contributed by atoms with Crippen molar-refractivity contribution in [3.05, 3.63) is 0 Å². The molecule has 4 heteroatoms. The Morgan fingerprint density at radius 1 is 1.15 bits per heavy atom. The molecule has 0 radical (unpaired) electrons. The topological polar surface area (TPSA) is 60.2 Å². The fraction of sp³-hybridized carbons (Fsp3) is 1.00. The van der Waals surface area contributed by atoms with Gasteiger partial charge in [-0.2, -0.15) is 0 Å². The molecule has 0 heterocycles. The first-order valence-electron chi connectivity index (χ1n) is 5.00. The van der Waals surface area contributed by atoms with Crippen molar-refractivity contribution in [2.45, 2.75) is 38.5 Å². The molecule has 13 heavy (non-hydrogen) atoms. The molecule has 0 aromatic heterocycles. The average Bonchev–Trinajstić information content (AvgIpc) is 2.73. The Morgan fingerprint density at radius 3 is 2.08 bits per heavy atom. The third-order valence-electron chi connectivity index (χ3n) is 3.59. The zero-order valence-electron chi connectivity index (χ0n) is 7.83. The van der Waals surface area contributed by atoms with Gasteiger partial charge >= 0.3 is 0 Å². The van der Waals surface area contributed by atoms with Crippen molar-refractivity contribution in [1.82, 2.24) is 0 Å². The van der Waals surface area contributed by atoms with E-state index in [1.54, 1.807) is 0 Å². The summed E-state index contributed by atoms with van der Waals surface area (Å²) in [7, 11) is -3.24. The molecule has 0 saturated heterocycles. The predicted molar refractivity (Wildman–Crippen MR) is 51.6 cm³/mol. The van der Waals surface area contributed by atoms with Gasteiger partial charge in [0.05, 0.1) is 5.75 Å². The molecule has 2 rings (SSSR count). The maximum absolute atomic E-state index is 10.9. The lowest BCUT2D eigenvalue weighted by Crippen LogP contribution is -2.26. The van der Waals surface area contributed by atoms with Crippen molar-refractivity contribution in [3.63, 3.8) is 0 Å². The Hall–Kier alpha value is -0.0900. The first-order chi connectivity index (χ1) is 5.99. The average molecular weight is 203 g/mol. The van der Waals surface area contributed by atoms with Gasteiger partial charge in [0.1, 0.15) is 0 Å². The molecule has 2 aliphatic carbocycles. The van der Waals surface area contributed by atoms with Gasteiger partial charge in [-0.05, 0) is 49.9 Å². The SMILES string of the molecule is NS(=O)(=O)CC1CCC2(CC1)CC2. The lowest BCUT2D eigenvalue weighted by atomic mass is 9.81. The van der Waals surface area contributed by atoms with Crippen molar-refractivity contribution < 1.29 is 8.42 Å². The third kappa shape index (κ3) is 2.44. The second kappa shape index (κ2) is 2.95. The summed E-state index contributed by atoms with van der Waals surface area (Å²) in [6.45, 7) is 0. The van der Waals surface area contributed by atoms with E-state index in [1.165, 1.54) is 25.7 Å². The van der Waals surface area contributed by atoms with Gasteiger partial charge in [-0.25, -0.2) is 13.6 Å². The molecule has 1 spiro atoms. The van der Waals surface area contributed by atoms with Crippen LogP contribution in [0.3, 0.4) is 0 Å². The van der Waals surface area contributed by atoms with Crippen molar-refractivity contribution in [3.8, 4) is 0 Å². The van der Waals surface area contributed by atoms with E-state index in [2.05, 4.69) is 0 Å². The Morgan fingerprint density at radius 2 is 1.69 bits per heavy atom. The van der Waals surface area contributed by atoms with Crippen LogP contribution in [0.2, 0.25) is 0 Å². The summed E-state index contributed by atoms with van der Waals surface area (Å²) in [5.74, 6) is 0.532. The van der Waals surface area contributed by atoms with Crippen LogP contribution in [-0.2, 0) is 10.0 Å². The second-order valence-corrected chi connectivity index (χ2v) is 6.43. The molecule has 3 nitrogen and oxygen atoms in total. The van der Waals surface area contributed by atoms with Gasteiger partial charge in [-0.1, -0.05) is 0 Å². The highest BCUT2D eigenvalue weighted by Crippen LogP contribution is 2.57. The molecule has 2 fully saturated rings. The summed E-state index contributed by atoms with van der Waals surface area (Å²) in [5, 5.41) is 5.02. The van der Waals surface area contributed by atoms with Gasteiger partial charge in [0.15, 0.2) is 0 Å². The normalized spacial score (nSPS) is 27.8. The lowest BCUT2D eigenvalue weighted by Gasteiger charge is -2.27. The van der Waals surface area contributed by atoms with Crippen LogP contribution in [-0.4, -0.2) is 14.2 Å². The Bertz CT molecular complexity index is 283. The number of hydrogen-bond donors (Lipinski definition) is 1. The monoisotopic (exact) mass is 203 g/mol. The van der Waals surface area contributed by atoms with Gasteiger partial charge < -0.3 is 0 Å². The first kappa shape index (κ1) is 9.46. The van der Waals surface area contributed by atoms with Gasteiger partial charge in [-0.3, -0.25) is 0 Å². The summed E-state index contributed by atoms with van der Waals surface area (Å²) in [6, 6.07) is 0. The van der Waals surface area contributed by atoms with Crippen LogP contribution < -0.4 is 5.14 Å². The zero-order chi connectivity index (χ0) is 9.53. The van der Waals surface area contributed by atoms with Crippen LogP contribution in [0.5, 0.6) is 0 Å². The second-order valence-electron chi connectivity index (χ2n) is 4.77. The van der Waals surface area contributed by atoms with Crippen molar-refractivity contribution >= 4 is 10.0 Å². The number of rotatable bonds is 2. The molecular formula is C9H17NO2S. The Balaban J connectivity index is 1.84. The molecule has 0 aromatic carbocycles. The fourth-order valence-corrected chi connectivity index (χ4v) is 3.45. The number of nitrogens with two attached hydrogens (primary N) is 1. The van der Waals surface area contributed by atoms with Crippen LogP contribution in [0.25, 0.3) is 0 Å². The highest BCUT2D eigenvalue weighted by Gasteiger charge is 2.44. The minimum absolute atomic E-state index is 0.198. The third-order valence-corrected chi connectivity index (χ3v) is 4.53. The Labute approximate surface area is 79.7 Å². The maximum atomic E-state index is 10.9. The summed E-state index contributed by atoms with van der Waals surface area (Å²) < 4.78 is 21.7. The first-order valence-corrected chi connectivity index (χ1v) is 6.71. The summed E-state index contributed by atoms with van der Waals surface area (Å²) in [6.07, 6.45) is 7.33. The van der Waals surface area contributed by atoms with E-state index < -0.39 is 10.0 Å². The smallest absolute Gasteiger partial charge is 0.209 e. The van der Waals surface area contributed by atoms with Crippen LogP contribution >= 0.6 is 0 Å². The van der Waals surface area contributed by atoms with E-state index in [0.29, 0.717) is 11.3 Å². The molecule has 0 unspecified atom stereocenters. The standard InChI is InChI=1S/C9H17NO2S/c10-13(11,12)7-8-1-3-9(4-2-8)5-6-9/h8H,1-7H2,(H2,10,11,12). The molecule has 0 amide bonds. The molecule has 2 N–H and O–H groups in total. The van der Waals surface area contributed by atoms with Gasteiger partial charge in [0.25, 0.3) is 0 Å². The van der Waals surface area contributed by atoms with Crippen LogP contribution in [0.15, 0.2) is 0 Å². The number of hydrogen-bond acceptors (Lipinski definition) is 2. The summed E-state index contributed by atoms with van der Waals surface area (Å²) in [4.78, 5) is 0. The minimum atomic E-state index is -3.24. The zero-order valence-corrected chi connectivity index (χ0v) is 8.65. The van der Waals surface area contributed by atoms with E-state index in [4.69, 9.17) is 5.14 Å². The van der Waals surface area contributed by atoms with Crippen molar-refractivity contribution in [2.24, 2.45) is 16.5 Å². The highest BCUT2D eigenvalue weighted by atomic mass is 32.2. The van der Waals surface area contributed by atoms with E-state index in [1.807, 2.05) is 0 Å². The van der Waals surface area contributed by atoms with E-state index in [9.17, 15) is 8.42 Å². The number of sulfonamides is 1. The molecule has 2 saturated carbocycles. The highest BCUT2D eigenvalue weighted by molar-refractivity contribution is 7.89. The van der Waals surface area contributed by atoms with Gasteiger partial charge in [0, 0.05) is 0 Å². The van der Waals surface area contributed by atoms with E-state index >= 15 is 0 Å². The molecule has 0 bridgehead atoms. The van der Waals surface area contributed by atoms with E-state index in [-0.39, 0.29) is 5.75 Å². The quantitative estimate of drug-likeness (QED) is 0.734. The maximum Gasteiger partial charge on any atom is 0.209 e. The van der Waals surface area contributed by atoms with Crippen LogP contribution in [0.1, 0.15) is 38.5 Å². The molecular weight excluding hydrogens is 186 g/mol. The van der Waals surface area contributed by atoms with Gasteiger partial charge in [0.2, 0.25) is 10.0 Å². The predicted octanol–water partition coefficient (Wildman–Crippen LogP) is 1.25. The summed E-state index contributed by atoms with van der Waals surface area (Å²) in [5.41, 5.74) is 0.648. The van der Waals surface area contributed by atoms with Crippen LogP contribution in [0, 0.1) is 11.3 Å². The summed E-state index contributed by atoms with van der Waals surface area (Å²) >= 11 is 0. The lowest BCUT2D eigenvalue weighted by molar-refractivity contribution is 0.273. The number of primary sulfonamides is 1. The van der Waals surface area contributed by atoms with Crippen LogP contribution in [0.4, 0.5) is 0 Å². The molecule has 0 aliphatic heterocycles. The molecule has 0 atom stereocenters. The van der Waals surface area contributed by atoms with Gasteiger partial charge in [-0.15, -0.1) is 0 Å².